The van der Waals surface area contributed by atoms with Crippen LogP contribution in [0.15, 0.2) is 0 Å². The van der Waals surface area contributed by atoms with Crippen LogP contribution in [0.3, 0.4) is 0 Å². The molecular weight excluding hydrogens is 190 g/mol. The third kappa shape index (κ3) is 10.2. The molecule has 0 aliphatic rings. The van der Waals surface area contributed by atoms with Gasteiger partial charge in [-0.1, -0.05) is 39.0 Å². The average molecular weight is 217 g/mol. The van der Waals surface area contributed by atoms with E-state index in [1.807, 2.05) is 0 Å². The summed E-state index contributed by atoms with van der Waals surface area (Å²) in [5.74, 6) is 0.651. The third-order valence-electron chi connectivity index (χ3n) is 2.87. The van der Waals surface area contributed by atoms with E-state index in [2.05, 4.69) is 6.92 Å². The fourth-order valence-electron chi connectivity index (χ4n) is 1.89. The molecule has 0 saturated carbocycles. The van der Waals surface area contributed by atoms with Gasteiger partial charge in [-0.3, -0.25) is 0 Å². The lowest BCUT2D eigenvalue weighted by Gasteiger charge is -2.16. The van der Waals surface area contributed by atoms with Crippen molar-refractivity contribution in [3.63, 3.8) is 0 Å². The first-order chi connectivity index (χ1) is 7.20. The molecule has 0 amide bonds. The van der Waals surface area contributed by atoms with Crippen LogP contribution in [0.1, 0.15) is 58.3 Å². The molecule has 0 saturated heterocycles. The van der Waals surface area contributed by atoms with Crippen molar-refractivity contribution in [2.75, 3.05) is 6.54 Å². The van der Waals surface area contributed by atoms with Crippen molar-refractivity contribution >= 4 is 0 Å². The molecule has 0 heterocycles. The fraction of sp³-hybridized carbons (Fsp3) is 1.00. The zero-order valence-corrected chi connectivity index (χ0v) is 9.99. The van der Waals surface area contributed by atoms with Crippen LogP contribution in [-0.4, -0.2) is 23.0 Å². The molecule has 3 nitrogen and oxygen atoms in total. The molecule has 0 bridgehead atoms. The molecule has 92 valence electrons. The van der Waals surface area contributed by atoms with Crippen LogP contribution >= 0.6 is 0 Å². The number of unbranched alkanes of at least 4 members (excludes halogenated alkanes) is 2. The number of nitrogens with two attached hydrogens (primary N) is 1. The highest BCUT2D eigenvalue weighted by Gasteiger charge is 2.09. The van der Waals surface area contributed by atoms with Crippen molar-refractivity contribution in [3.05, 3.63) is 0 Å². The van der Waals surface area contributed by atoms with E-state index in [-0.39, 0.29) is 0 Å². The molecular formula is C12H27NO2. The molecule has 0 spiro atoms. The van der Waals surface area contributed by atoms with Gasteiger partial charge in [0.25, 0.3) is 0 Å². The van der Waals surface area contributed by atoms with Crippen molar-refractivity contribution in [1.29, 1.82) is 0 Å². The Balaban J connectivity index is 3.63. The maximum absolute atomic E-state index is 8.83. The molecule has 0 aliphatic carbocycles. The number of aliphatic hydroxyl groups excluding tert-OH is 1. The van der Waals surface area contributed by atoms with Gasteiger partial charge in [-0.05, 0) is 31.7 Å². The van der Waals surface area contributed by atoms with Crippen LogP contribution < -0.4 is 5.73 Å². The van der Waals surface area contributed by atoms with Crippen molar-refractivity contribution < 1.29 is 10.2 Å². The van der Waals surface area contributed by atoms with Gasteiger partial charge >= 0.3 is 0 Å². The van der Waals surface area contributed by atoms with Gasteiger partial charge in [-0.2, -0.15) is 0 Å². The summed E-state index contributed by atoms with van der Waals surface area (Å²) >= 11 is 0. The summed E-state index contributed by atoms with van der Waals surface area (Å²) in [4.78, 5) is 0. The Bertz CT molecular complexity index is 129. The first-order valence-corrected chi connectivity index (χ1v) is 6.26. The van der Waals surface area contributed by atoms with E-state index in [1.54, 1.807) is 0 Å². The zero-order valence-electron chi connectivity index (χ0n) is 9.99. The molecule has 3 heteroatoms. The van der Waals surface area contributed by atoms with Gasteiger partial charge in [0.2, 0.25) is 0 Å². The third-order valence-corrected chi connectivity index (χ3v) is 2.87. The molecule has 15 heavy (non-hydrogen) atoms. The van der Waals surface area contributed by atoms with Gasteiger partial charge in [0.1, 0.15) is 0 Å². The molecule has 0 aliphatic heterocycles. The molecule has 1 unspecified atom stereocenters. The summed E-state index contributed by atoms with van der Waals surface area (Å²) in [7, 11) is 0. The molecule has 1 atom stereocenters. The highest BCUT2D eigenvalue weighted by Crippen LogP contribution is 2.21. The minimum absolute atomic E-state index is 0.511. The predicted molar refractivity (Wildman–Crippen MR) is 63.4 cm³/mol. The van der Waals surface area contributed by atoms with Crippen LogP contribution in [0.5, 0.6) is 0 Å². The molecule has 4 N–H and O–H groups in total. The highest BCUT2D eigenvalue weighted by molar-refractivity contribution is 4.61. The van der Waals surface area contributed by atoms with Crippen LogP contribution in [-0.2, 0) is 0 Å². The minimum atomic E-state index is -1.14. The lowest BCUT2D eigenvalue weighted by molar-refractivity contribution is -0.0493. The number of hydrogen-bond donors (Lipinski definition) is 3. The Kier molecular flexibility index (Phi) is 10.3. The Labute approximate surface area is 93.7 Å². The Hall–Kier alpha value is -0.120. The van der Waals surface area contributed by atoms with Crippen LogP contribution in [0.2, 0.25) is 0 Å². The van der Waals surface area contributed by atoms with Crippen LogP contribution in [0.25, 0.3) is 0 Å². The van der Waals surface area contributed by atoms with E-state index < -0.39 is 6.29 Å². The topological polar surface area (TPSA) is 66.5 Å². The Morgan fingerprint density at radius 2 is 1.60 bits per heavy atom. The van der Waals surface area contributed by atoms with Gasteiger partial charge in [0.05, 0.1) is 0 Å². The number of hydrogen-bond acceptors (Lipinski definition) is 3. The summed E-state index contributed by atoms with van der Waals surface area (Å²) in [6.45, 7) is 2.96. The molecule has 0 aromatic carbocycles. The molecule has 0 fully saturated rings. The zero-order chi connectivity index (χ0) is 11.5. The van der Waals surface area contributed by atoms with Gasteiger partial charge in [0.15, 0.2) is 6.29 Å². The van der Waals surface area contributed by atoms with E-state index in [0.717, 1.165) is 19.4 Å². The molecule has 0 aromatic heterocycles. The summed E-state index contributed by atoms with van der Waals surface area (Å²) in [5.41, 5.74) is 5.46. The first-order valence-electron chi connectivity index (χ1n) is 6.26. The van der Waals surface area contributed by atoms with E-state index >= 15 is 0 Å². The molecule has 0 aromatic rings. The molecule has 0 radical (unpaired) electrons. The summed E-state index contributed by atoms with van der Waals surface area (Å²) in [5, 5.41) is 17.7. The van der Waals surface area contributed by atoms with Crippen molar-refractivity contribution in [2.45, 2.75) is 64.6 Å². The second kappa shape index (κ2) is 10.4. The highest BCUT2D eigenvalue weighted by atomic mass is 16.5. The van der Waals surface area contributed by atoms with E-state index in [0.29, 0.717) is 12.3 Å². The number of rotatable bonds is 10. The van der Waals surface area contributed by atoms with Gasteiger partial charge < -0.3 is 15.9 Å². The fourth-order valence-corrected chi connectivity index (χ4v) is 1.89. The van der Waals surface area contributed by atoms with Crippen LogP contribution in [0.4, 0.5) is 0 Å². The summed E-state index contributed by atoms with van der Waals surface area (Å²) in [6, 6.07) is 0. The average Bonchev–Trinajstić information content (AvgIpc) is 2.21. The standard InChI is InChI=1S/C12H27NO2/c1-2-3-6-11(7-4-5-10-13)8-9-12(14)15/h11-12,14-15H,2-10,13H2,1H3. The van der Waals surface area contributed by atoms with E-state index in [1.165, 1.54) is 32.1 Å². The van der Waals surface area contributed by atoms with Crippen LogP contribution in [0, 0.1) is 5.92 Å². The quantitative estimate of drug-likeness (QED) is 0.387. The maximum atomic E-state index is 8.83. The smallest absolute Gasteiger partial charge is 0.151 e. The largest absolute Gasteiger partial charge is 0.368 e. The van der Waals surface area contributed by atoms with Crippen molar-refractivity contribution in [2.24, 2.45) is 11.7 Å². The first kappa shape index (κ1) is 14.9. The number of aliphatic hydroxyl groups is 2. The predicted octanol–water partition coefficient (Wildman–Crippen LogP) is 2.01. The Morgan fingerprint density at radius 1 is 0.933 bits per heavy atom. The second-order valence-electron chi connectivity index (χ2n) is 4.35. The van der Waals surface area contributed by atoms with E-state index in [4.69, 9.17) is 15.9 Å². The lowest BCUT2D eigenvalue weighted by atomic mass is 9.91. The monoisotopic (exact) mass is 217 g/mol. The Morgan fingerprint density at radius 3 is 2.13 bits per heavy atom. The van der Waals surface area contributed by atoms with Gasteiger partial charge in [0, 0.05) is 0 Å². The minimum Gasteiger partial charge on any atom is -0.368 e. The second-order valence-corrected chi connectivity index (χ2v) is 4.35. The van der Waals surface area contributed by atoms with E-state index in [9.17, 15) is 0 Å². The molecule has 0 rings (SSSR count). The van der Waals surface area contributed by atoms with Crippen molar-refractivity contribution in [3.8, 4) is 0 Å². The maximum Gasteiger partial charge on any atom is 0.151 e. The summed E-state index contributed by atoms with van der Waals surface area (Å²) in [6.07, 6.45) is 7.43. The normalized spacial score (nSPS) is 13.4. The lowest BCUT2D eigenvalue weighted by Crippen LogP contribution is -2.09. The van der Waals surface area contributed by atoms with Crippen molar-refractivity contribution in [1.82, 2.24) is 0 Å². The van der Waals surface area contributed by atoms with Gasteiger partial charge in [-0.15, -0.1) is 0 Å². The van der Waals surface area contributed by atoms with Gasteiger partial charge in [-0.25, -0.2) is 0 Å². The SMILES string of the molecule is CCCCC(CCCCN)CCC(O)O. The summed E-state index contributed by atoms with van der Waals surface area (Å²) < 4.78 is 0.